The van der Waals surface area contributed by atoms with Gasteiger partial charge in [0.15, 0.2) is 0 Å². The van der Waals surface area contributed by atoms with Gasteiger partial charge in [-0.15, -0.1) is 0 Å². The molecule has 10 rings (SSSR count). The second-order valence-electron chi connectivity index (χ2n) is 11.3. The fraction of sp³-hybridized carbons (Fsp3) is 0.0400. The van der Waals surface area contributed by atoms with Crippen molar-refractivity contribution in [3.63, 3.8) is 0 Å². The summed E-state index contributed by atoms with van der Waals surface area (Å²) < 4.78 is 274. The highest BCUT2D eigenvalue weighted by Crippen LogP contribution is 2.43. The van der Waals surface area contributed by atoms with E-state index >= 15 is 0 Å². The summed E-state index contributed by atoms with van der Waals surface area (Å²) in [5.41, 5.74) is -5.81. The molecule has 9 aromatic carbocycles. The van der Waals surface area contributed by atoms with Crippen LogP contribution in [-0.2, 0) is 12.8 Å². The Kier molecular flexibility index (Phi) is 2.89. The third-order valence-electron chi connectivity index (χ3n) is 8.43. The standard InChI is InChI=1S/C50H34O/c1-2-13-35(14-3-1)38-17-6-9-21-42(38)49-43-22-10-7-19-40(43)46(41-20-8-11-23-44(41)49)32-34-27-25-33(26-28-34)31-37-16-12-24-47-48(37)45-30-29-36-15-4-5-18-39(36)50(45)51-47/h1-30H,31-32H2/i1D,2D,3D,4D,5D,6D,7D,8D,9D,10D,11D,12D,13D,14D,15D,16D,17D,18D,19D,20D,21D,22D,23D,24D,25D,26D,27D,28D,29D,30D. The molecule has 0 N–H and O–H groups in total. The first-order valence-electron chi connectivity index (χ1n) is 30.3. The first-order valence-corrected chi connectivity index (χ1v) is 15.3. The van der Waals surface area contributed by atoms with E-state index in [2.05, 4.69) is 0 Å². The molecule has 0 aliphatic heterocycles. The van der Waals surface area contributed by atoms with Crippen molar-refractivity contribution in [2.75, 3.05) is 0 Å². The topological polar surface area (TPSA) is 13.1 Å². The first-order chi connectivity index (χ1) is 37.8. The normalized spacial score (nSPS) is 19.9. The maximum absolute atomic E-state index is 9.45. The molecule has 0 atom stereocenters. The number of fused-ring (bicyclic) bond motifs is 7. The summed E-state index contributed by atoms with van der Waals surface area (Å²) in [5, 5.41) is -3.94. The van der Waals surface area contributed by atoms with Gasteiger partial charge in [-0.1, -0.05) is 169 Å². The van der Waals surface area contributed by atoms with Crippen LogP contribution in [0.3, 0.4) is 0 Å². The number of rotatable bonds is 6. The van der Waals surface area contributed by atoms with Crippen LogP contribution in [0.5, 0.6) is 0 Å². The molecule has 0 aliphatic rings. The van der Waals surface area contributed by atoms with Crippen LogP contribution in [-0.4, -0.2) is 0 Å². The molecule has 0 saturated heterocycles. The van der Waals surface area contributed by atoms with Crippen LogP contribution < -0.4 is 0 Å². The fourth-order valence-electron chi connectivity index (χ4n) is 6.25. The van der Waals surface area contributed by atoms with Crippen molar-refractivity contribution >= 4 is 54.3 Å². The van der Waals surface area contributed by atoms with E-state index < -0.39 is 271 Å². The summed E-state index contributed by atoms with van der Waals surface area (Å²) in [6.45, 7) is 0. The van der Waals surface area contributed by atoms with Crippen molar-refractivity contribution in [1.82, 2.24) is 0 Å². The van der Waals surface area contributed by atoms with Gasteiger partial charge in [0.1, 0.15) is 11.2 Å². The minimum absolute atomic E-state index is 0.274. The molecule has 1 nitrogen and oxygen atoms in total. The van der Waals surface area contributed by atoms with Gasteiger partial charge in [0.25, 0.3) is 0 Å². The van der Waals surface area contributed by atoms with E-state index in [9.17, 15) is 12.3 Å². The molecule has 0 bridgehead atoms. The van der Waals surface area contributed by atoms with Crippen LogP contribution in [0.2, 0.25) is 0 Å². The number of hydrogen-bond acceptors (Lipinski definition) is 1. The highest BCUT2D eigenvalue weighted by molar-refractivity contribution is 6.17. The Morgan fingerprint density at radius 2 is 1.00 bits per heavy atom. The van der Waals surface area contributed by atoms with Gasteiger partial charge in [-0.25, -0.2) is 0 Å². The maximum Gasteiger partial charge on any atom is 0.143 e. The zero-order valence-corrected chi connectivity index (χ0v) is 25.8. The van der Waals surface area contributed by atoms with Crippen LogP contribution in [0.1, 0.15) is 63.4 Å². The molecule has 0 fully saturated rings. The SMILES string of the molecule is [2H]c1c([2H])c([2H])c(-c2c([2H])c([2H])c([2H])c([2H])c2-c2c3c([2H])c([2H])c([2H])c([2H])c3c(Cc3c([2H])c([2H])c(Cc4c([2H])c([2H])c([2H])c5oc6c7c([2H])c([2H])c([2H])c([2H])c7c([2H])c([2H])c6c45)c([2H])c3[2H])c3c([2H])c([2H])c([2H])c([2H])c23)c([2H])c1[2H]. The highest BCUT2D eigenvalue weighted by Gasteiger charge is 2.18. The van der Waals surface area contributed by atoms with E-state index in [4.69, 9.17) is 33.2 Å². The Morgan fingerprint density at radius 3 is 1.73 bits per heavy atom. The second kappa shape index (κ2) is 12.2. The van der Waals surface area contributed by atoms with Gasteiger partial charge in [-0.2, -0.15) is 0 Å². The summed E-state index contributed by atoms with van der Waals surface area (Å²) in [6.07, 6.45) is -1.71. The van der Waals surface area contributed by atoms with E-state index in [1.54, 1.807) is 0 Å². The van der Waals surface area contributed by atoms with E-state index in [1.165, 1.54) is 0 Å². The van der Waals surface area contributed by atoms with Crippen molar-refractivity contribution in [2.45, 2.75) is 12.8 Å². The van der Waals surface area contributed by atoms with E-state index in [-0.39, 0.29) is 21.7 Å². The average Bonchev–Trinajstić information content (AvgIpc) is 4.08. The average molecular weight is 681 g/mol. The van der Waals surface area contributed by atoms with Gasteiger partial charge in [-0.3, -0.25) is 0 Å². The van der Waals surface area contributed by atoms with Crippen molar-refractivity contribution in [2.24, 2.45) is 0 Å². The third kappa shape index (κ3) is 5.01. The van der Waals surface area contributed by atoms with Gasteiger partial charge in [0, 0.05) is 16.2 Å². The van der Waals surface area contributed by atoms with Gasteiger partial charge in [-0.05, 0) is 96.4 Å². The van der Waals surface area contributed by atoms with Crippen molar-refractivity contribution in [1.29, 1.82) is 0 Å². The zero-order chi connectivity index (χ0) is 59.8. The maximum atomic E-state index is 9.45. The number of hydrogen-bond donors (Lipinski definition) is 0. The smallest absolute Gasteiger partial charge is 0.143 e. The molecule has 0 amide bonds. The fourth-order valence-corrected chi connectivity index (χ4v) is 6.25. The molecule has 1 aromatic heterocycles. The molecule has 1 heteroatoms. The van der Waals surface area contributed by atoms with Crippen molar-refractivity contribution < 1.29 is 45.5 Å². The third-order valence-corrected chi connectivity index (χ3v) is 8.43. The lowest BCUT2D eigenvalue weighted by Gasteiger charge is -2.19. The first kappa shape index (κ1) is 12.1. The molecular formula is C50H34O. The molecular weight excluding hydrogens is 617 g/mol. The molecule has 0 spiro atoms. The van der Waals surface area contributed by atoms with Crippen LogP contribution in [0.25, 0.3) is 76.5 Å². The van der Waals surface area contributed by atoms with Crippen LogP contribution in [0.4, 0.5) is 0 Å². The van der Waals surface area contributed by atoms with E-state index in [0.717, 1.165) is 0 Å². The summed E-state index contributed by atoms with van der Waals surface area (Å²) in [7, 11) is 0. The Hall–Kier alpha value is -6.44. The lowest BCUT2D eigenvalue weighted by atomic mass is 9.84. The molecule has 0 aliphatic carbocycles. The molecule has 1 heterocycles. The summed E-state index contributed by atoms with van der Waals surface area (Å²) in [6, 6.07) is -26.1. The molecule has 51 heavy (non-hydrogen) atoms. The summed E-state index contributed by atoms with van der Waals surface area (Å²) in [4.78, 5) is 0. The summed E-state index contributed by atoms with van der Waals surface area (Å²) >= 11 is 0. The van der Waals surface area contributed by atoms with Crippen molar-refractivity contribution in [3.05, 3.63) is 204 Å². The van der Waals surface area contributed by atoms with Gasteiger partial charge >= 0.3 is 0 Å². The number of furan rings is 1. The predicted molar refractivity (Wildman–Crippen MR) is 216 cm³/mol. The van der Waals surface area contributed by atoms with E-state index in [0.29, 0.717) is 0 Å². The Labute approximate surface area is 339 Å². The highest BCUT2D eigenvalue weighted by atomic mass is 16.3. The van der Waals surface area contributed by atoms with E-state index in [1.807, 2.05) is 0 Å². The zero-order valence-electron chi connectivity index (χ0n) is 55.8. The lowest BCUT2D eigenvalue weighted by Crippen LogP contribution is -1.97. The van der Waals surface area contributed by atoms with Crippen LogP contribution in [0.15, 0.2) is 186 Å². The van der Waals surface area contributed by atoms with Crippen LogP contribution >= 0.6 is 0 Å². The minimum atomic E-state index is -1.03. The quantitative estimate of drug-likeness (QED) is 0.159. The van der Waals surface area contributed by atoms with Gasteiger partial charge in [0.05, 0.1) is 41.1 Å². The summed E-state index contributed by atoms with van der Waals surface area (Å²) in [5.74, 6) is 0. The van der Waals surface area contributed by atoms with Crippen molar-refractivity contribution in [3.8, 4) is 22.3 Å². The Bertz CT molecular complexity index is 4500. The molecule has 0 radical (unpaired) electrons. The molecule has 0 saturated carbocycles. The molecule has 0 unspecified atom stereocenters. The molecule has 240 valence electrons. The second-order valence-corrected chi connectivity index (χ2v) is 11.3. The van der Waals surface area contributed by atoms with Gasteiger partial charge in [0.2, 0.25) is 0 Å². The Morgan fingerprint density at radius 1 is 0.412 bits per heavy atom. The van der Waals surface area contributed by atoms with Crippen LogP contribution in [0, 0.1) is 0 Å². The predicted octanol–water partition coefficient (Wildman–Crippen LogP) is 13.6. The minimum Gasteiger partial charge on any atom is -0.455 e. The lowest BCUT2D eigenvalue weighted by molar-refractivity contribution is 0.672. The monoisotopic (exact) mass is 680 g/mol. The van der Waals surface area contributed by atoms with Gasteiger partial charge < -0.3 is 4.42 Å². The largest absolute Gasteiger partial charge is 0.455 e. The Balaban J connectivity index is 1.30. The molecule has 10 aromatic rings. The number of benzene rings is 9.